The Bertz CT molecular complexity index is 661. The van der Waals surface area contributed by atoms with Gasteiger partial charge in [-0.2, -0.15) is 0 Å². The molecule has 0 fully saturated rings. The first-order valence-electron chi connectivity index (χ1n) is 6.41. The molecule has 1 atom stereocenters. The Hall–Kier alpha value is -1.78. The van der Waals surface area contributed by atoms with Crippen LogP contribution in [0, 0.1) is 12.7 Å². The van der Waals surface area contributed by atoms with Gasteiger partial charge in [-0.3, -0.25) is 0 Å². The molecule has 0 heterocycles. The van der Waals surface area contributed by atoms with Crippen molar-refractivity contribution >= 4 is 11.6 Å². The van der Waals surface area contributed by atoms with Crippen molar-refractivity contribution in [2.24, 2.45) is 5.73 Å². The van der Waals surface area contributed by atoms with Crippen LogP contribution in [0.3, 0.4) is 0 Å². The summed E-state index contributed by atoms with van der Waals surface area (Å²) >= 11 is 6.25. The molecule has 0 aliphatic rings. The van der Waals surface area contributed by atoms with Crippen molar-refractivity contribution in [1.29, 1.82) is 0 Å². The molecule has 1 unspecified atom stereocenters. The van der Waals surface area contributed by atoms with Gasteiger partial charge in [-0.05, 0) is 42.3 Å². The van der Waals surface area contributed by atoms with Crippen LogP contribution in [-0.2, 0) is 0 Å². The molecule has 0 saturated carbocycles. The topological polar surface area (TPSA) is 44.5 Å². The molecule has 0 spiro atoms. The van der Waals surface area contributed by atoms with Crippen LogP contribution < -0.4 is 15.2 Å². The number of nitrogens with two attached hydrogens (primary N) is 1. The molecule has 0 saturated heterocycles. The zero-order chi connectivity index (χ0) is 15.6. The predicted molar refractivity (Wildman–Crippen MR) is 81.7 cm³/mol. The van der Waals surface area contributed by atoms with Gasteiger partial charge in [0.2, 0.25) is 0 Å². The zero-order valence-electron chi connectivity index (χ0n) is 12.1. The van der Waals surface area contributed by atoms with E-state index in [1.165, 1.54) is 26.4 Å². The highest BCUT2D eigenvalue weighted by Crippen LogP contribution is 2.40. The van der Waals surface area contributed by atoms with Crippen molar-refractivity contribution in [3.05, 3.63) is 57.9 Å². The van der Waals surface area contributed by atoms with E-state index < -0.39 is 6.04 Å². The molecule has 3 nitrogen and oxygen atoms in total. The smallest absolute Gasteiger partial charge is 0.146 e. The molecule has 2 aromatic carbocycles. The lowest BCUT2D eigenvalue weighted by molar-refractivity contribution is 0.390. The number of benzene rings is 2. The molecule has 2 N–H and O–H groups in total. The van der Waals surface area contributed by atoms with Gasteiger partial charge in [0, 0.05) is 5.56 Å². The van der Waals surface area contributed by atoms with E-state index in [9.17, 15) is 4.39 Å². The van der Waals surface area contributed by atoms with E-state index in [0.29, 0.717) is 16.5 Å². The lowest BCUT2D eigenvalue weighted by Crippen LogP contribution is -2.15. The van der Waals surface area contributed by atoms with Gasteiger partial charge in [-0.25, -0.2) is 4.39 Å². The summed E-state index contributed by atoms with van der Waals surface area (Å²) < 4.78 is 23.7. The van der Waals surface area contributed by atoms with E-state index in [2.05, 4.69) is 0 Å². The van der Waals surface area contributed by atoms with Gasteiger partial charge in [-0.1, -0.05) is 17.7 Å². The molecular weight excluding hydrogens is 293 g/mol. The Labute approximate surface area is 128 Å². The van der Waals surface area contributed by atoms with Crippen LogP contribution in [0.4, 0.5) is 4.39 Å². The number of aryl methyl sites for hydroxylation is 1. The lowest BCUT2D eigenvalue weighted by atomic mass is 9.95. The van der Waals surface area contributed by atoms with Crippen LogP contribution in [0.2, 0.25) is 5.02 Å². The number of halogens is 2. The Morgan fingerprint density at radius 2 is 1.76 bits per heavy atom. The standard InChI is InChI=1S/C16H17ClFNO2/c1-9-8-10(18)4-5-11(9)15(19)12-6-7-13(20-2)14(17)16(12)21-3/h4-8,15H,19H2,1-3H3. The largest absolute Gasteiger partial charge is 0.495 e. The number of ether oxygens (including phenoxy) is 2. The second-order valence-corrected chi connectivity index (χ2v) is 5.06. The molecule has 0 aromatic heterocycles. The average molecular weight is 310 g/mol. The average Bonchev–Trinajstić information content (AvgIpc) is 2.46. The monoisotopic (exact) mass is 309 g/mol. The van der Waals surface area contributed by atoms with Gasteiger partial charge >= 0.3 is 0 Å². The van der Waals surface area contributed by atoms with Crippen molar-refractivity contribution in [3.63, 3.8) is 0 Å². The van der Waals surface area contributed by atoms with E-state index in [4.69, 9.17) is 26.8 Å². The molecule has 2 rings (SSSR count). The maximum atomic E-state index is 13.2. The molecule has 21 heavy (non-hydrogen) atoms. The second kappa shape index (κ2) is 6.33. The summed E-state index contributed by atoms with van der Waals surface area (Å²) in [5.74, 6) is 0.690. The summed E-state index contributed by atoms with van der Waals surface area (Å²) in [6, 6.07) is 7.58. The van der Waals surface area contributed by atoms with Crippen molar-refractivity contribution in [2.45, 2.75) is 13.0 Å². The molecule has 0 aliphatic carbocycles. The zero-order valence-corrected chi connectivity index (χ0v) is 12.9. The van der Waals surface area contributed by atoms with Crippen molar-refractivity contribution in [2.75, 3.05) is 14.2 Å². The summed E-state index contributed by atoms with van der Waals surface area (Å²) in [6.07, 6.45) is 0. The normalized spacial score (nSPS) is 12.1. The fourth-order valence-corrected chi connectivity index (χ4v) is 2.64. The summed E-state index contributed by atoms with van der Waals surface area (Å²) in [4.78, 5) is 0. The van der Waals surface area contributed by atoms with E-state index in [1.54, 1.807) is 18.2 Å². The first-order chi connectivity index (χ1) is 9.99. The van der Waals surface area contributed by atoms with Gasteiger partial charge in [0.15, 0.2) is 0 Å². The van der Waals surface area contributed by atoms with Crippen LogP contribution in [0.1, 0.15) is 22.7 Å². The highest BCUT2D eigenvalue weighted by Gasteiger charge is 2.20. The van der Waals surface area contributed by atoms with E-state index in [0.717, 1.165) is 16.7 Å². The molecule has 0 bridgehead atoms. The van der Waals surface area contributed by atoms with Gasteiger partial charge in [0.05, 0.1) is 20.3 Å². The Balaban J connectivity index is 2.52. The third kappa shape index (κ3) is 2.96. The molecule has 112 valence electrons. The maximum Gasteiger partial charge on any atom is 0.146 e. The van der Waals surface area contributed by atoms with Crippen LogP contribution >= 0.6 is 11.6 Å². The Morgan fingerprint density at radius 3 is 2.33 bits per heavy atom. The number of hydrogen-bond acceptors (Lipinski definition) is 3. The van der Waals surface area contributed by atoms with Crippen molar-refractivity contribution < 1.29 is 13.9 Å². The minimum absolute atomic E-state index is 0.289. The third-order valence-electron chi connectivity index (χ3n) is 3.42. The number of methoxy groups -OCH3 is 2. The van der Waals surface area contributed by atoms with E-state index >= 15 is 0 Å². The summed E-state index contributed by atoms with van der Waals surface area (Å²) in [6.45, 7) is 1.82. The SMILES string of the molecule is COc1ccc(C(N)c2ccc(F)cc2C)c(OC)c1Cl. The first-order valence-corrected chi connectivity index (χ1v) is 6.79. The van der Waals surface area contributed by atoms with E-state index in [-0.39, 0.29) is 5.82 Å². The summed E-state index contributed by atoms with van der Waals surface area (Å²) in [5, 5.41) is 0.368. The molecule has 0 radical (unpaired) electrons. The molecule has 5 heteroatoms. The van der Waals surface area contributed by atoms with Gasteiger partial charge in [0.1, 0.15) is 22.3 Å². The maximum absolute atomic E-state index is 13.2. The lowest BCUT2D eigenvalue weighted by Gasteiger charge is -2.20. The van der Waals surface area contributed by atoms with Gasteiger partial charge in [0.25, 0.3) is 0 Å². The Morgan fingerprint density at radius 1 is 1.10 bits per heavy atom. The highest BCUT2D eigenvalue weighted by atomic mass is 35.5. The number of hydrogen-bond donors (Lipinski definition) is 1. The van der Waals surface area contributed by atoms with Crippen molar-refractivity contribution in [3.8, 4) is 11.5 Å². The van der Waals surface area contributed by atoms with Gasteiger partial charge < -0.3 is 15.2 Å². The van der Waals surface area contributed by atoms with Crippen LogP contribution in [0.5, 0.6) is 11.5 Å². The fraction of sp³-hybridized carbons (Fsp3) is 0.250. The van der Waals surface area contributed by atoms with Crippen LogP contribution in [-0.4, -0.2) is 14.2 Å². The summed E-state index contributed by atoms with van der Waals surface area (Å²) in [7, 11) is 3.05. The molecular formula is C16H17ClFNO2. The molecule has 0 amide bonds. The third-order valence-corrected chi connectivity index (χ3v) is 3.78. The van der Waals surface area contributed by atoms with E-state index in [1.807, 2.05) is 6.92 Å². The molecule has 2 aromatic rings. The fourth-order valence-electron chi connectivity index (χ4n) is 2.32. The van der Waals surface area contributed by atoms with Crippen LogP contribution in [0.25, 0.3) is 0 Å². The first kappa shape index (κ1) is 15.6. The minimum atomic E-state index is -0.469. The number of rotatable bonds is 4. The molecule has 0 aliphatic heterocycles. The minimum Gasteiger partial charge on any atom is -0.495 e. The summed E-state index contributed by atoms with van der Waals surface area (Å²) in [5.41, 5.74) is 8.61. The Kier molecular flexibility index (Phi) is 4.70. The van der Waals surface area contributed by atoms with Gasteiger partial charge in [-0.15, -0.1) is 0 Å². The van der Waals surface area contributed by atoms with Crippen LogP contribution in [0.15, 0.2) is 30.3 Å². The highest BCUT2D eigenvalue weighted by molar-refractivity contribution is 6.33. The van der Waals surface area contributed by atoms with Crippen molar-refractivity contribution in [1.82, 2.24) is 0 Å². The quantitative estimate of drug-likeness (QED) is 0.933. The predicted octanol–water partition coefficient (Wildman–Crippen LogP) is 3.85. The second-order valence-electron chi connectivity index (χ2n) is 4.68.